The van der Waals surface area contributed by atoms with Crippen molar-refractivity contribution >= 4 is 17.7 Å². The Morgan fingerprint density at radius 1 is 1.14 bits per heavy atom. The minimum absolute atomic E-state index is 0.0900. The number of carbonyl (C=O) groups excluding carboxylic acids is 3. The average molecular weight is 511 g/mol. The number of fused-ring (bicyclic) bond motifs is 2. The first-order chi connectivity index (χ1) is 17.1. The van der Waals surface area contributed by atoms with E-state index in [1.807, 2.05) is 9.80 Å². The van der Waals surface area contributed by atoms with E-state index in [1.54, 1.807) is 11.0 Å². The SMILES string of the molecule is O=C1CCCN1CCCN1C(=O)C2CC(O)CN2C2(CN(Cc3cccc(OC(F)(F)F)c3)C2)C1=O. The van der Waals surface area contributed by atoms with Crippen molar-refractivity contribution in [3.05, 3.63) is 29.8 Å². The molecule has 4 heterocycles. The van der Waals surface area contributed by atoms with E-state index in [2.05, 4.69) is 4.74 Å². The number of hydrogen-bond acceptors (Lipinski definition) is 7. The number of β-amino-alcohol motifs (C(OH)–C–C–N with tert-alkyl or cyclic N) is 1. The summed E-state index contributed by atoms with van der Waals surface area (Å²) in [5.41, 5.74) is -0.351. The van der Waals surface area contributed by atoms with Gasteiger partial charge in [0.05, 0.1) is 12.1 Å². The van der Waals surface area contributed by atoms with E-state index in [9.17, 15) is 32.7 Å². The van der Waals surface area contributed by atoms with Gasteiger partial charge in [0, 0.05) is 52.2 Å². The van der Waals surface area contributed by atoms with Crippen LogP contribution in [-0.4, -0.2) is 106 Å². The molecule has 1 aromatic carbocycles. The molecule has 4 saturated heterocycles. The monoisotopic (exact) mass is 510 g/mol. The van der Waals surface area contributed by atoms with E-state index in [0.29, 0.717) is 51.1 Å². The second-order valence-electron chi connectivity index (χ2n) is 10.1. The van der Waals surface area contributed by atoms with Crippen LogP contribution in [0.5, 0.6) is 5.75 Å². The average Bonchev–Trinajstić information content (AvgIpc) is 3.36. The van der Waals surface area contributed by atoms with Crippen LogP contribution in [0.1, 0.15) is 31.2 Å². The van der Waals surface area contributed by atoms with Crippen molar-refractivity contribution in [1.29, 1.82) is 0 Å². The summed E-state index contributed by atoms with van der Waals surface area (Å²) in [5, 5.41) is 10.3. The zero-order chi connectivity index (χ0) is 25.7. The van der Waals surface area contributed by atoms with Gasteiger partial charge in [0.15, 0.2) is 0 Å². The third-order valence-electron chi connectivity index (χ3n) is 7.51. The lowest BCUT2D eigenvalue weighted by molar-refractivity contribution is -0.274. The van der Waals surface area contributed by atoms with Crippen molar-refractivity contribution in [1.82, 2.24) is 19.6 Å². The summed E-state index contributed by atoms with van der Waals surface area (Å²) in [7, 11) is 0. The summed E-state index contributed by atoms with van der Waals surface area (Å²) in [6.45, 7) is 2.53. The fourth-order valence-corrected chi connectivity index (χ4v) is 5.97. The minimum atomic E-state index is -4.78. The first-order valence-electron chi connectivity index (χ1n) is 12.2. The molecule has 2 unspecified atom stereocenters. The van der Waals surface area contributed by atoms with Crippen LogP contribution in [0.4, 0.5) is 13.2 Å². The maximum absolute atomic E-state index is 13.6. The Hall–Kier alpha value is -2.70. The number of ether oxygens (including phenoxy) is 1. The number of alkyl halides is 3. The standard InChI is InChI=1S/C24H29F3N4O5/c25-24(26,27)36-18-5-1-4-16(10-18)12-28-14-23(15-28)22(35)30(9-3-8-29-7-2-6-20(29)33)21(34)19-11-17(32)13-31(19)23/h1,4-5,10,17,19,32H,2-3,6-9,11-15H2. The topological polar surface area (TPSA) is 93.6 Å². The van der Waals surface area contributed by atoms with Crippen LogP contribution in [0.2, 0.25) is 0 Å². The van der Waals surface area contributed by atoms with Crippen LogP contribution < -0.4 is 4.74 Å². The molecule has 1 N–H and O–H groups in total. The summed E-state index contributed by atoms with van der Waals surface area (Å²) in [6.07, 6.45) is -3.40. The molecular weight excluding hydrogens is 481 g/mol. The van der Waals surface area contributed by atoms with Crippen LogP contribution in [0.25, 0.3) is 0 Å². The first-order valence-corrected chi connectivity index (χ1v) is 12.2. The van der Waals surface area contributed by atoms with Gasteiger partial charge < -0.3 is 14.7 Å². The molecule has 0 saturated carbocycles. The molecule has 2 atom stereocenters. The zero-order valence-corrected chi connectivity index (χ0v) is 19.7. The third-order valence-corrected chi connectivity index (χ3v) is 7.51. The normalized spacial score (nSPS) is 26.6. The number of amides is 3. The van der Waals surface area contributed by atoms with E-state index < -0.39 is 24.0 Å². The van der Waals surface area contributed by atoms with E-state index >= 15 is 0 Å². The molecule has 3 amide bonds. The highest BCUT2D eigenvalue weighted by Gasteiger charge is 2.64. The van der Waals surface area contributed by atoms with Gasteiger partial charge in [-0.1, -0.05) is 12.1 Å². The number of likely N-dealkylation sites (tertiary alicyclic amines) is 2. The Morgan fingerprint density at radius 2 is 1.92 bits per heavy atom. The van der Waals surface area contributed by atoms with Crippen molar-refractivity contribution in [3.63, 3.8) is 0 Å². The highest BCUT2D eigenvalue weighted by Crippen LogP contribution is 2.41. The van der Waals surface area contributed by atoms with Crippen LogP contribution in [0.15, 0.2) is 24.3 Å². The molecule has 0 aromatic heterocycles. The van der Waals surface area contributed by atoms with Crippen molar-refractivity contribution in [2.45, 2.75) is 56.3 Å². The summed E-state index contributed by atoms with van der Waals surface area (Å²) in [4.78, 5) is 45.4. The van der Waals surface area contributed by atoms with Gasteiger partial charge in [-0.2, -0.15) is 0 Å². The highest BCUT2D eigenvalue weighted by molar-refractivity contribution is 6.06. The van der Waals surface area contributed by atoms with E-state index in [1.165, 1.54) is 23.1 Å². The summed E-state index contributed by atoms with van der Waals surface area (Å²) in [5.74, 6) is -0.839. The third kappa shape index (κ3) is 4.69. The molecule has 0 bridgehead atoms. The number of rotatable bonds is 7. The zero-order valence-electron chi connectivity index (χ0n) is 19.7. The molecule has 1 spiro atoms. The van der Waals surface area contributed by atoms with Gasteiger partial charge in [-0.15, -0.1) is 13.2 Å². The van der Waals surface area contributed by atoms with Gasteiger partial charge in [-0.05, 0) is 37.0 Å². The van der Waals surface area contributed by atoms with Crippen LogP contribution in [0, 0.1) is 0 Å². The lowest BCUT2D eigenvalue weighted by Gasteiger charge is -2.58. The summed E-state index contributed by atoms with van der Waals surface area (Å²) >= 11 is 0. The maximum atomic E-state index is 13.6. The van der Waals surface area contributed by atoms with Gasteiger partial charge in [0.2, 0.25) is 11.8 Å². The molecule has 4 aliphatic heterocycles. The van der Waals surface area contributed by atoms with E-state index in [-0.39, 0.29) is 43.0 Å². The Kier molecular flexibility index (Phi) is 6.46. The number of aliphatic hydroxyl groups excluding tert-OH is 1. The number of carbonyl (C=O) groups is 3. The number of benzene rings is 1. The minimum Gasteiger partial charge on any atom is -0.406 e. The largest absolute Gasteiger partial charge is 0.573 e. The van der Waals surface area contributed by atoms with Crippen molar-refractivity contribution < 1.29 is 37.4 Å². The van der Waals surface area contributed by atoms with Crippen LogP contribution in [-0.2, 0) is 20.9 Å². The number of nitrogens with zero attached hydrogens (tertiary/aromatic N) is 4. The number of piperazine rings is 1. The molecule has 0 radical (unpaired) electrons. The van der Waals surface area contributed by atoms with Crippen LogP contribution >= 0.6 is 0 Å². The molecular formula is C24H29F3N4O5. The number of hydrogen-bond donors (Lipinski definition) is 1. The van der Waals surface area contributed by atoms with Gasteiger partial charge in [0.1, 0.15) is 11.3 Å². The molecule has 4 fully saturated rings. The maximum Gasteiger partial charge on any atom is 0.573 e. The van der Waals surface area contributed by atoms with E-state index in [4.69, 9.17) is 0 Å². The summed E-state index contributed by atoms with van der Waals surface area (Å²) < 4.78 is 41.7. The fraction of sp³-hybridized carbons (Fsp3) is 0.625. The van der Waals surface area contributed by atoms with E-state index in [0.717, 1.165) is 6.42 Å². The predicted molar refractivity (Wildman–Crippen MR) is 119 cm³/mol. The quantitative estimate of drug-likeness (QED) is 0.546. The molecule has 4 aliphatic rings. The molecule has 9 nitrogen and oxygen atoms in total. The molecule has 12 heteroatoms. The smallest absolute Gasteiger partial charge is 0.406 e. The lowest BCUT2D eigenvalue weighted by atomic mass is 9.82. The summed E-state index contributed by atoms with van der Waals surface area (Å²) in [6, 6.07) is 5.13. The fourth-order valence-electron chi connectivity index (χ4n) is 5.97. The Bertz CT molecular complexity index is 1040. The van der Waals surface area contributed by atoms with Crippen molar-refractivity contribution in [2.75, 3.05) is 39.3 Å². The number of halogens is 3. The molecule has 1 aromatic rings. The molecule has 0 aliphatic carbocycles. The Balaban J connectivity index is 1.26. The Morgan fingerprint density at radius 3 is 2.61 bits per heavy atom. The van der Waals surface area contributed by atoms with Crippen molar-refractivity contribution in [3.8, 4) is 5.75 Å². The van der Waals surface area contributed by atoms with Crippen LogP contribution in [0.3, 0.4) is 0 Å². The highest BCUT2D eigenvalue weighted by atomic mass is 19.4. The second-order valence-corrected chi connectivity index (χ2v) is 10.1. The molecule has 196 valence electrons. The molecule has 36 heavy (non-hydrogen) atoms. The Labute approximate surface area is 206 Å². The van der Waals surface area contributed by atoms with Gasteiger partial charge >= 0.3 is 6.36 Å². The lowest BCUT2D eigenvalue weighted by Crippen LogP contribution is -2.81. The van der Waals surface area contributed by atoms with Gasteiger partial charge in [-0.25, -0.2) is 0 Å². The van der Waals surface area contributed by atoms with Crippen molar-refractivity contribution in [2.24, 2.45) is 0 Å². The predicted octanol–water partition coefficient (Wildman–Crippen LogP) is 0.956. The second kappa shape index (κ2) is 9.31. The van der Waals surface area contributed by atoms with Gasteiger partial charge in [0.25, 0.3) is 5.91 Å². The first kappa shape index (κ1) is 25.0. The molecule has 5 rings (SSSR count). The van der Waals surface area contributed by atoms with Gasteiger partial charge in [-0.3, -0.25) is 29.1 Å². The number of imide groups is 1. The number of aliphatic hydroxyl groups is 1.